The summed E-state index contributed by atoms with van der Waals surface area (Å²) in [6, 6.07) is 10.3. The van der Waals surface area contributed by atoms with Crippen molar-refractivity contribution in [2.45, 2.75) is 0 Å². The summed E-state index contributed by atoms with van der Waals surface area (Å²) in [6.07, 6.45) is 0. The number of carbonyl (C=O) groups is 1. The summed E-state index contributed by atoms with van der Waals surface area (Å²) >= 11 is 0. The predicted molar refractivity (Wildman–Crippen MR) is 81.4 cm³/mol. The molecule has 1 aromatic heterocycles. The van der Waals surface area contributed by atoms with Crippen molar-refractivity contribution in [3.63, 3.8) is 0 Å². The number of fused-ring (bicyclic) bond motifs is 1. The summed E-state index contributed by atoms with van der Waals surface area (Å²) in [7, 11) is 3.11. The van der Waals surface area contributed by atoms with E-state index in [0.29, 0.717) is 33.8 Å². The van der Waals surface area contributed by atoms with Gasteiger partial charge >= 0.3 is 0 Å². The zero-order chi connectivity index (χ0) is 15.5. The van der Waals surface area contributed by atoms with Crippen LogP contribution in [-0.4, -0.2) is 35.5 Å². The van der Waals surface area contributed by atoms with E-state index in [1.54, 1.807) is 50.6 Å². The number of H-pyrrole nitrogens is 1. The normalized spacial score (nSPS) is 10.5. The molecular weight excluding hydrogens is 284 g/mol. The van der Waals surface area contributed by atoms with Crippen molar-refractivity contribution in [3.05, 3.63) is 42.0 Å². The summed E-state index contributed by atoms with van der Waals surface area (Å²) in [4.78, 5) is 12.3. The molecule has 0 unspecified atom stereocenters. The van der Waals surface area contributed by atoms with E-state index < -0.39 is 0 Å². The number of nitrogens with one attached hydrogen (secondary N) is 2. The monoisotopic (exact) mass is 298 g/mol. The van der Waals surface area contributed by atoms with Crippen LogP contribution < -0.4 is 14.8 Å². The van der Waals surface area contributed by atoms with Gasteiger partial charge in [-0.2, -0.15) is 15.4 Å². The molecule has 0 aliphatic rings. The molecule has 0 aliphatic carbocycles. The minimum atomic E-state index is -0.250. The van der Waals surface area contributed by atoms with Crippen LogP contribution in [0, 0.1) is 0 Å². The molecule has 0 fully saturated rings. The maximum atomic E-state index is 12.3. The van der Waals surface area contributed by atoms with Gasteiger partial charge in [0.1, 0.15) is 22.5 Å². The highest BCUT2D eigenvalue weighted by Crippen LogP contribution is 2.26. The minimum absolute atomic E-state index is 0.250. The molecule has 1 amide bonds. The highest BCUT2D eigenvalue weighted by molar-refractivity contribution is 6.06. The first-order chi connectivity index (χ1) is 10.7. The molecule has 0 saturated heterocycles. The van der Waals surface area contributed by atoms with Gasteiger partial charge in [0.15, 0.2) is 0 Å². The second kappa shape index (κ2) is 5.72. The molecule has 1 heterocycles. The molecule has 0 saturated carbocycles. The lowest BCUT2D eigenvalue weighted by Gasteiger charge is -2.10. The van der Waals surface area contributed by atoms with Crippen LogP contribution in [-0.2, 0) is 0 Å². The van der Waals surface area contributed by atoms with Crippen molar-refractivity contribution in [2.75, 3.05) is 19.5 Å². The van der Waals surface area contributed by atoms with Gasteiger partial charge in [0.25, 0.3) is 5.91 Å². The van der Waals surface area contributed by atoms with Gasteiger partial charge in [-0.25, -0.2) is 0 Å². The van der Waals surface area contributed by atoms with Gasteiger partial charge in [0.05, 0.1) is 14.2 Å². The molecule has 2 N–H and O–H groups in total. The van der Waals surface area contributed by atoms with Gasteiger partial charge in [0.2, 0.25) is 0 Å². The first kappa shape index (κ1) is 13.9. The van der Waals surface area contributed by atoms with Crippen molar-refractivity contribution in [1.29, 1.82) is 0 Å². The number of hydrogen-bond acceptors (Lipinski definition) is 5. The van der Waals surface area contributed by atoms with E-state index in [0.717, 1.165) is 0 Å². The van der Waals surface area contributed by atoms with E-state index in [1.807, 2.05) is 0 Å². The number of anilines is 1. The lowest BCUT2D eigenvalue weighted by atomic mass is 10.2. The number of ether oxygens (including phenoxy) is 2. The van der Waals surface area contributed by atoms with Crippen LogP contribution in [0.4, 0.5) is 5.69 Å². The Hall–Kier alpha value is -3.09. The Morgan fingerprint density at radius 2 is 1.68 bits per heavy atom. The maximum absolute atomic E-state index is 12.3. The van der Waals surface area contributed by atoms with Crippen molar-refractivity contribution >= 4 is 22.6 Å². The lowest BCUT2D eigenvalue weighted by molar-refractivity contribution is 0.102. The Labute approximate surface area is 126 Å². The number of methoxy groups -OCH3 is 2. The second-order valence-electron chi connectivity index (χ2n) is 4.58. The number of aromatic nitrogens is 3. The predicted octanol–water partition coefficient (Wildman–Crippen LogP) is 2.23. The smallest absolute Gasteiger partial charge is 0.255 e. The number of aromatic amines is 1. The topological polar surface area (TPSA) is 89.1 Å². The van der Waals surface area contributed by atoms with E-state index in [1.165, 1.54) is 0 Å². The number of benzene rings is 2. The molecule has 0 radical (unpaired) electrons. The fourth-order valence-electron chi connectivity index (χ4n) is 2.06. The maximum Gasteiger partial charge on any atom is 0.255 e. The van der Waals surface area contributed by atoms with E-state index in [9.17, 15) is 4.79 Å². The zero-order valence-electron chi connectivity index (χ0n) is 12.1. The Morgan fingerprint density at radius 3 is 2.36 bits per heavy atom. The van der Waals surface area contributed by atoms with Crippen molar-refractivity contribution in [3.8, 4) is 11.5 Å². The first-order valence-electron chi connectivity index (χ1n) is 6.54. The molecule has 0 bridgehead atoms. The molecule has 0 aliphatic heterocycles. The zero-order valence-corrected chi connectivity index (χ0v) is 12.1. The third kappa shape index (κ3) is 2.69. The molecule has 7 heteroatoms. The molecule has 22 heavy (non-hydrogen) atoms. The molecular formula is C15H14N4O3. The van der Waals surface area contributed by atoms with Crippen LogP contribution in [0.15, 0.2) is 36.4 Å². The number of hydrogen-bond donors (Lipinski definition) is 2. The van der Waals surface area contributed by atoms with E-state index in [2.05, 4.69) is 20.7 Å². The average molecular weight is 298 g/mol. The van der Waals surface area contributed by atoms with Crippen LogP contribution in [0.2, 0.25) is 0 Å². The Kier molecular flexibility index (Phi) is 3.61. The standard InChI is InChI=1S/C15H14N4O3/c1-21-11-6-10(7-12(8-11)22-2)16-15(20)9-3-4-13-14(5-9)18-19-17-13/h3-8H,1-2H3,(H,16,20)(H,17,18,19). The molecule has 0 atom stereocenters. The lowest BCUT2D eigenvalue weighted by Crippen LogP contribution is -2.12. The summed E-state index contributed by atoms with van der Waals surface area (Å²) in [5.41, 5.74) is 2.42. The number of nitrogens with zero attached hydrogens (tertiary/aromatic N) is 2. The average Bonchev–Trinajstić information content (AvgIpc) is 3.01. The largest absolute Gasteiger partial charge is 0.497 e. The highest BCUT2D eigenvalue weighted by Gasteiger charge is 2.10. The Morgan fingerprint density at radius 1 is 1.00 bits per heavy atom. The van der Waals surface area contributed by atoms with Gasteiger partial charge in [-0.1, -0.05) is 0 Å². The van der Waals surface area contributed by atoms with Gasteiger partial charge in [-0.15, -0.1) is 0 Å². The molecule has 2 aromatic carbocycles. The van der Waals surface area contributed by atoms with Crippen LogP contribution in [0.1, 0.15) is 10.4 Å². The number of carbonyl (C=O) groups excluding carboxylic acids is 1. The number of amides is 1. The third-order valence-electron chi connectivity index (χ3n) is 3.19. The fourth-order valence-corrected chi connectivity index (χ4v) is 2.06. The Bertz CT molecular complexity index is 806. The van der Waals surface area contributed by atoms with Crippen LogP contribution in [0.25, 0.3) is 11.0 Å². The van der Waals surface area contributed by atoms with Crippen LogP contribution in [0.3, 0.4) is 0 Å². The Balaban J connectivity index is 1.86. The highest BCUT2D eigenvalue weighted by atomic mass is 16.5. The molecule has 0 spiro atoms. The second-order valence-corrected chi connectivity index (χ2v) is 4.58. The van der Waals surface area contributed by atoms with Gasteiger partial charge < -0.3 is 14.8 Å². The molecule has 3 rings (SSSR count). The molecule has 112 valence electrons. The SMILES string of the molecule is COc1cc(NC(=O)c2ccc3n[nH]nc3c2)cc(OC)c1. The summed E-state index contributed by atoms with van der Waals surface area (Å²) in [5.74, 6) is 0.948. The van der Waals surface area contributed by atoms with Crippen molar-refractivity contribution < 1.29 is 14.3 Å². The van der Waals surface area contributed by atoms with E-state index >= 15 is 0 Å². The molecule has 3 aromatic rings. The fraction of sp³-hybridized carbons (Fsp3) is 0.133. The van der Waals surface area contributed by atoms with Crippen LogP contribution >= 0.6 is 0 Å². The van der Waals surface area contributed by atoms with Crippen molar-refractivity contribution in [1.82, 2.24) is 15.4 Å². The number of rotatable bonds is 4. The van der Waals surface area contributed by atoms with E-state index in [4.69, 9.17) is 9.47 Å². The quantitative estimate of drug-likeness (QED) is 0.771. The third-order valence-corrected chi connectivity index (χ3v) is 3.19. The minimum Gasteiger partial charge on any atom is -0.497 e. The van der Waals surface area contributed by atoms with Crippen LogP contribution in [0.5, 0.6) is 11.5 Å². The summed E-state index contributed by atoms with van der Waals surface area (Å²) in [5, 5.41) is 13.2. The summed E-state index contributed by atoms with van der Waals surface area (Å²) in [6.45, 7) is 0. The van der Waals surface area contributed by atoms with Gasteiger partial charge in [0, 0.05) is 29.4 Å². The van der Waals surface area contributed by atoms with Crippen molar-refractivity contribution in [2.24, 2.45) is 0 Å². The van der Waals surface area contributed by atoms with Gasteiger partial charge in [-0.05, 0) is 18.2 Å². The first-order valence-corrected chi connectivity index (χ1v) is 6.54. The molecule has 7 nitrogen and oxygen atoms in total. The van der Waals surface area contributed by atoms with E-state index in [-0.39, 0.29) is 5.91 Å². The summed E-state index contributed by atoms with van der Waals surface area (Å²) < 4.78 is 10.4. The van der Waals surface area contributed by atoms with Gasteiger partial charge in [-0.3, -0.25) is 4.79 Å².